The van der Waals surface area contributed by atoms with E-state index in [4.69, 9.17) is 4.42 Å². The van der Waals surface area contributed by atoms with E-state index >= 15 is 0 Å². The van der Waals surface area contributed by atoms with E-state index in [0.29, 0.717) is 11.6 Å². The molecular formula is C15H12N2O2. The lowest BCUT2D eigenvalue weighted by atomic mass is 10.1. The molecule has 3 rings (SSSR count). The summed E-state index contributed by atoms with van der Waals surface area (Å²) in [5.41, 5.74) is 2.63. The molecule has 0 unspecified atom stereocenters. The van der Waals surface area contributed by atoms with Crippen LogP contribution in [0.3, 0.4) is 0 Å². The summed E-state index contributed by atoms with van der Waals surface area (Å²) in [6.07, 6.45) is 0. The highest BCUT2D eigenvalue weighted by atomic mass is 16.4. The number of benzene rings is 2. The van der Waals surface area contributed by atoms with Gasteiger partial charge in [0, 0.05) is 5.56 Å². The van der Waals surface area contributed by atoms with Crippen molar-refractivity contribution < 1.29 is 4.42 Å². The van der Waals surface area contributed by atoms with Gasteiger partial charge in [0.1, 0.15) is 0 Å². The second-order valence-electron chi connectivity index (χ2n) is 4.29. The largest absolute Gasteiger partial charge is 0.442 e. The van der Waals surface area contributed by atoms with Gasteiger partial charge in [0.25, 0.3) is 0 Å². The van der Waals surface area contributed by atoms with Gasteiger partial charge in [-0.15, -0.1) is 5.10 Å². The Labute approximate surface area is 109 Å². The Morgan fingerprint density at radius 2 is 1.68 bits per heavy atom. The number of hydrogen-bond donors (Lipinski definition) is 0. The van der Waals surface area contributed by atoms with E-state index in [1.807, 2.05) is 61.5 Å². The van der Waals surface area contributed by atoms with Crippen molar-refractivity contribution in [2.24, 2.45) is 0 Å². The average molecular weight is 252 g/mol. The van der Waals surface area contributed by atoms with Crippen LogP contribution in [0.1, 0.15) is 5.56 Å². The third-order valence-corrected chi connectivity index (χ3v) is 2.85. The Morgan fingerprint density at radius 3 is 2.37 bits per heavy atom. The molecule has 0 radical (unpaired) electrons. The van der Waals surface area contributed by atoms with Gasteiger partial charge in [-0.3, -0.25) is 0 Å². The van der Waals surface area contributed by atoms with Crippen LogP contribution < -0.4 is 5.76 Å². The average Bonchev–Trinajstić information content (AvgIpc) is 2.83. The SMILES string of the molecule is Cc1ccc(-c2nn(-c3ccccc3)c(=O)o2)cc1. The molecule has 0 saturated heterocycles. The highest BCUT2D eigenvalue weighted by Gasteiger charge is 2.11. The minimum absolute atomic E-state index is 0.328. The fourth-order valence-corrected chi connectivity index (χ4v) is 1.82. The molecule has 0 atom stereocenters. The number of hydrogen-bond acceptors (Lipinski definition) is 3. The molecule has 4 nitrogen and oxygen atoms in total. The summed E-state index contributed by atoms with van der Waals surface area (Å²) >= 11 is 0. The van der Waals surface area contributed by atoms with Gasteiger partial charge in [-0.05, 0) is 31.2 Å². The van der Waals surface area contributed by atoms with E-state index < -0.39 is 5.76 Å². The molecule has 0 aliphatic heterocycles. The number of para-hydroxylation sites is 1. The topological polar surface area (TPSA) is 48.0 Å². The molecule has 1 heterocycles. The number of aryl methyl sites for hydroxylation is 1. The molecule has 0 aliphatic carbocycles. The predicted molar refractivity (Wildman–Crippen MR) is 72.3 cm³/mol. The molecule has 94 valence electrons. The molecule has 0 saturated carbocycles. The standard InChI is InChI=1S/C15H12N2O2/c1-11-7-9-12(10-8-11)14-16-17(15(18)19-14)13-5-3-2-4-6-13/h2-10H,1H3. The van der Waals surface area contributed by atoms with Gasteiger partial charge in [-0.2, -0.15) is 4.68 Å². The Bertz CT molecular complexity index is 740. The Balaban J connectivity index is 2.07. The van der Waals surface area contributed by atoms with E-state index in [9.17, 15) is 4.79 Å². The van der Waals surface area contributed by atoms with Crippen LogP contribution in [0, 0.1) is 6.92 Å². The van der Waals surface area contributed by atoms with E-state index in [1.165, 1.54) is 4.68 Å². The summed E-state index contributed by atoms with van der Waals surface area (Å²) in [6, 6.07) is 16.9. The first-order valence-electron chi connectivity index (χ1n) is 5.97. The highest BCUT2D eigenvalue weighted by Crippen LogP contribution is 2.16. The molecule has 19 heavy (non-hydrogen) atoms. The van der Waals surface area contributed by atoms with Crippen LogP contribution >= 0.6 is 0 Å². The first-order chi connectivity index (χ1) is 9.24. The molecule has 2 aromatic carbocycles. The van der Waals surface area contributed by atoms with Gasteiger partial charge in [0.2, 0.25) is 5.89 Å². The summed E-state index contributed by atoms with van der Waals surface area (Å²) in [6.45, 7) is 2.00. The molecular weight excluding hydrogens is 240 g/mol. The third-order valence-electron chi connectivity index (χ3n) is 2.85. The van der Waals surface area contributed by atoms with Gasteiger partial charge < -0.3 is 4.42 Å². The summed E-state index contributed by atoms with van der Waals surface area (Å²) in [7, 11) is 0. The van der Waals surface area contributed by atoms with Gasteiger partial charge >= 0.3 is 5.76 Å². The van der Waals surface area contributed by atoms with E-state index in [-0.39, 0.29) is 0 Å². The van der Waals surface area contributed by atoms with Gasteiger partial charge in [-0.25, -0.2) is 4.79 Å². The fraction of sp³-hybridized carbons (Fsp3) is 0.0667. The lowest BCUT2D eigenvalue weighted by molar-refractivity contribution is 0.516. The van der Waals surface area contributed by atoms with Crippen molar-refractivity contribution in [2.75, 3.05) is 0 Å². The first-order valence-corrected chi connectivity index (χ1v) is 5.97. The lowest BCUT2D eigenvalue weighted by Gasteiger charge is -1.96. The summed E-state index contributed by atoms with van der Waals surface area (Å²) in [4.78, 5) is 11.8. The van der Waals surface area contributed by atoms with Crippen molar-refractivity contribution in [3.8, 4) is 17.1 Å². The van der Waals surface area contributed by atoms with Crippen LogP contribution in [0.25, 0.3) is 17.1 Å². The van der Waals surface area contributed by atoms with Crippen molar-refractivity contribution >= 4 is 0 Å². The summed E-state index contributed by atoms with van der Waals surface area (Å²) < 4.78 is 6.45. The van der Waals surface area contributed by atoms with Crippen LogP contribution in [-0.2, 0) is 0 Å². The minimum atomic E-state index is -0.484. The van der Waals surface area contributed by atoms with Crippen molar-refractivity contribution in [3.63, 3.8) is 0 Å². The number of nitrogens with zero attached hydrogens (tertiary/aromatic N) is 2. The van der Waals surface area contributed by atoms with Crippen molar-refractivity contribution in [1.29, 1.82) is 0 Å². The maximum atomic E-state index is 11.8. The Hall–Kier alpha value is -2.62. The normalized spacial score (nSPS) is 10.6. The lowest BCUT2D eigenvalue weighted by Crippen LogP contribution is -2.12. The van der Waals surface area contributed by atoms with E-state index in [2.05, 4.69) is 5.10 Å². The van der Waals surface area contributed by atoms with Crippen molar-refractivity contribution in [1.82, 2.24) is 9.78 Å². The first kappa shape index (κ1) is 11.5. The summed E-state index contributed by atoms with van der Waals surface area (Å²) in [5.74, 6) is -0.157. The van der Waals surface area contributed by atoms with Crippen LogP contribution in [0.2, 0.25) is 0 Å². The van der Waals surface area contributed by atoms with Crippen LogP contribution in [0.15, 0.2) is 63.8 Å². The molecule has 0 aliphatic rings. The minimum Gasteiger partial charge on any atom is -0.387 e. The molecule has 4 heteroatoms. The van der Waals surface area contributed by atoms with E-state index in [0.717, 1.165) is 11.1 Å². The van der Waals surface area contributed by atoms with E-state index in [1.54, 1.807) is 0 Å². The second kappa shape index (κ2) is 4.57. The fourth-order valence-electron chi connectivity index (χ4n) is 1.82. The van der Waals surface area contributed by atoms with Gasteiger partial charge in [0.15, 0.2) is 0 Å². The van der Waals surface area contributed by atoms with Crippen molar-refractivity contribution in [3.05, 3.63) is 70.7 Å². The zero-order valence-corrected chi connectivity index (χ0v) is 10.4. The Kier molecular flexibility index (Phi) is 2.76. The molecule has 0 bridgehead atoms. The zero-order valence-electron chi connectivity index (χ0n) is 10.4. The van der Waals surface area contributed by atoms with Crippen LogP contribution in [0.5, 0.6) is 0 Å². The van der Waals surface area contributed by atoms with Crippen LogP contribution in [-0.4, -0.2) is 9.78 Å². The van der Waals surface area contributed by atoms with Gasteiger partial charge in [0.05, 0.1) is 5.69 Å². The molecule has 0 spiro atoms. The molecule has 0 fully saturated rings. The monoisotopic (exact) mass is 252 g/mol. The van der Waals surface area contributed by atoms with Crippen LogP contribution in [0.4, 0.5) is 0 Å². The second-order valence-corrected chi connectivity index (χ2v) is 4.29. The molecule has 3 aromatic rings. The Morgan fingerprint density at radius 1 is 1.00 bits per heavy atom. The highest BCUT2D eigenvalue weighted by molar-refractivity contribution is 5.53. The molecule has 1 aromatic heterocycles. The van der Waals surface area contributed by atoms with Crippen molar-refractivity contribution in [2.45, 2.75) is 6.92 Å². The number of aromatic nitrogens is 2. The quantitative estimate of drug-likeness (QED) is 0.704. The maximum absolute atomic E-state index is 11.8. The van der Waals surface area contributed by atoms with Gasteiger partial charge in [-0.1, -0.05) is 35.9 Å². The molecule has 0 N–H and O–H groups in total. The smallest absolute Gasteiger partial charge is 0.387 e. The predicted octanol–water partition coefficient (Wildman–Crippen LogP) is 2.80. The number of rotatable bonds is 2. The third kappa shape index (κ3) is 2.20. The zero-order chi connectivity index (χ0) is 13.2. The molecule has 0 amide bonds. The summed E-state index contributed by atoms with van der Waals surface area (Å²) in [5, 5.41) is 4.22. The maximum Gasteiger partial charge on any atom is 0.442 e.